The summed E-state index contributed by atoms with van der Waals surface area (Å²) in [6, 6.07) is 0.270. The Hall–Kier alpha value is -0.830. The standard InChI is InChI=1S/C11H21N3/c1-4-11(12)5-10-6-13-14(8-10)7-9(2)3/h6,8-9,11H,4-5,7,12H2,1-3H3. The Morgan fingerprint density at radius 2 is 2.21 bits per heavy atom. The van der Waals surface area contributed by atoms with Crippen molar-refractivity contribution in [1.82, 2.24) is 9.78 Å². The van der Waals surface area contributed by atoms with Crippen LogP contribution in [0.2, 0.25) is 0 Å². The largest absolute Gasteiger partial charge is 0.327 e. The first-order chi connectivity index (χ1) is 6.61. The molecule has 1 heterocycles. The van der Waals surface area contributed by atoms with E-state index >= 15 is 0 Å². The summed E-state index contributed by atoms with van der Waals surface area (Å²) in [6.45, 7) is 7.49. The van der Waals surface area contributed by atoms with Gasteiger partial charge in [-0.25, -0.2) is 0 Å². The van der Waals surface area contributed by atoms with Crippen molar-refractivity contribution in [2.24, 2.45) is 11.7 Å². The van der Waals surface area contributed by atoms with Gasteiger partial charge in [-0.15, -0.1) is 0 Å². The molecule has 0 aliphatic heterocycles. The van der Waals surface area contributed by atoms with Crippen molar-refractivity contribution >= 4 is 0 Å². The van der Waals surface area contributed by atoms with Gasteiger partial charge in [0.25, 0.3) is 0 Å². The molecule has 1 aromatic heterocycles. The molecule has 1 atom stereocenters. The molecule has 0 amide bonds. The fourth-order valence-corrected chi connectivity index (χ4v) is 1.43. The fourth-order valence-electron chi connectivity index (χ4n) is 1.43. The van der Waals surface area contributed by atoms with Crippen molar-refractivity contribution in [1.29, 1.82) is 0 Å². The third-order valence-electron chi connectivity index (χ3n) is 2.26. The van der Waals surface area contributed by atoms with Gasteiger partial charge < -0.3 is 5.73 Å². The number of rotatable bonds is 5. The average molecular weight is 195 g/mol. The van der Waals surface area contributed by atoms with Gasteiger partial charge in [-0.05, 0) is 24.3 Å². The summed E-state index contributed by atoms with van der Waals surface area (Å²) >= 11 is 0. The summed E-state index contributed by atoms with van der Waals surface area (Å²) in [7, 11) is 0. The molecule has 1 rings (SSSR count). The molecule has 0 aliphatic carbocycles. The molecule has 0 saturated heterocycles. The Kier molecular flexibility index (Phi) is 4.14. The minimum absolute atomic E-state index is 0.270. The van der Waals surface area contributed by atoms with E-state index in [0.717, 1.165) is 19.4 Å². The van der Waals surface area contributed by atoms with Crippen LogP contribution >= 0.6 is 0 Å². The molecule has 0 aromatic carbocycles. The van der Waals surface area contributed by atoms with E-state index in [9.17, 15) is 0 Å². The summed E-state index contributed by atoms with van der Waals surface area (Å²) in [5, 5.41) is 4.30. The van der Waals surface area contributed by atoms with E-state index in [4.69, 9.17) is 5.73 Å². The Labute approximate surface area is 86.3 Å². The molecular weight excluding hydrogens is 174 g/mol. The minimum atomic E-state index is 0.270. The van der Waals surface area contributed by atoms with Crippen LogP contribution in [0.5, 0.6) is 0 Å². The molecule has 3 heteroatoms. The van der Waals surface area contributed by atoms with Crippen LogP contribution in [0.3, 0.4) is 0 Å². The number of hydrogen-bond donors (Lipinski definition) is 1. The average Bonchev–Trinajstić information content (AvgIpc) is 2.51. The molecular formula is C11H21N3. The maximum absolute atomic E-state index is 5.88. The van der Waals surface area contributed by atoms with Gasteiger partial charge >= 0.3 is 0 Å². The maximum Gasteiger partial charge on any atom is 0.0522 e. The molecule has 1 unspecified atom stereocenters. The highest BCUT2D eigenvalue weighted by atomic mass is 15.3. The quantitative estimate of drug-likeness (QED) is 0.779. The van der Waals surface area contributed by atoms with Crippen LogP contribution in [0, 0.1) is 5.92 Å². The van der Waals surface area contributed by atoms with Crippen LogP contribution in [0.4, 0.5) is 0 Å². The Morgan fingerprint density at radius 3 is 2.79 bits per heavy atom. The zero-order valence-electron chi connectivity index (χ0n) is 9.40. The van der Waals surface area contributed by atoms with E-state index in [2.05, 4.69) is 32.1 Å². The maximum atomic E-state index is 5.88. The van der Waals surface area contributed by atoms with Crippen molar-refractivity contribution in [2.45, 2.75) is 46.2 Å². The number of hydrogen-bond acceptors (Lipinski definition) is 2. The highest BCUT2D eigenvalue weighted by Gasteiger charge is 2.04. The SMILES string of the molecule is CCC(N)Cc1cnn(CC(C)C)c1. The first-order valence-corrected chi connectivity index (χ1v) is 5.38. The summed E-state index contributed by atoms with van der Waals surface area (Å²) in [5.74, 6) is 0.641. The van der Waals surface area contributed by atoms with Crippen LogP contribution < -0.4 is 5.73 Å². The summed E-state index contributed by atoms with van der Waals surface area (Å²) in [4.78, 5) is 0. The fraction of sp³-hybridized carbons (Fsp3) is 0.727. The van der Waals surface area contributed by atoms with Gasteiger partial charge in [-0.2, -0.15) is 5.10 Å². The van der Waals surface area contributed by atoms with E-state index in [-0.39, 0.29) is 6.04 Å². The summed E-state index contributed by atoms with van der Waals surface area (Å²) < 4.78 is 2.00. The third-order valence-corrected chi connectivity index (χ3v) is 2.26. The van der Waals surface area contributed by atoms with E-state index in [0.29, 0.717) is 5.92 Å². The Morgan fingerprint density at radius 1 is 1.50 bits per heavy atom. The molecule has 2 N–H and O–H groups in total. The molecule has 0 saturated carbocycles. The summed E-state index contributed by atoms with van der Waals surface area (Å²) in [5.41, 5.74) is 7.13. The predicted octanol–water partition coefficient (Wildman–Crippen LogP) is 1.82. The molecule has 80 valence electrons. The molecule has 0 bridgehead atoms. The lowest BCUT2D eigenvalue weighted by Crippen LogP contribution is -2.21. The monoisotopic (exact) mass is 195 g/mol. The molecule has 1 aromatic rings. The lowest BCUT2D eigenvalue weighted by Gasteiger charge is -2.06. The van der Waals surface area contributed by atoms with Gasteiger partial charge in [-0.3, -0.25) is 4.68 Å². The van der Waals surface area contributed by atoms with E-state index in [1.165, 1.54) is 5.56 Å². The lowest BCUT2D eigenvalue weighted by atomic mass is 10.1. The van der Waals surface area contributed by atoms with E-state index in [1.54, 1.807) is 0 Å². The molecule has 0 fully saturated rings. The molecule has 0 spiro atoms. The normalized spacial score (nSPS) is 13.5. The van der Waals surface area contributed by atoms with Crippen LogP contribution in [0.15, 0.2) is 12.4 Å². The molecule has 0 radical (unpaired) electrons. The molecule has 3 nitrogen and oxygen atoms in total. The predicted molar refractivity (Wildman–Crippen MR) is 59.0 cm³/mol. The lowest BCUT2D eigenvalue weighted by molar-refractivity contribution is 0.482. The van der Waals surface area contributed by atoms with Crippen molar-refractivity contribution in [3.63, 3.8) is 0 Å². The van der Waals surface area contributed by atoms with E-state index < -0.39 is 0 Å². The molecule has 14 heavy (non-hydrogen) atoms. The van der Waals surface area contributed by atoms with Crippen molar-refractivity contribution in [2.75, 3.05) is 0 Å². The van der Waals surface area contributed by atoms with Gasteiger partial charge in [0.1, 0.15) is 0 Å². The Balaban J connectivity index is 2.50. The van der Waals surface area contributed by atoms with Gasteiger partial charge in [0, 0.05) is 18.8 Å². The van der Waals surface area contributed by atoms with Crippen LogP contribution in [-0.4, -0.2) is 15.8 Å². The second-order valence-electron chi connectivity index (χ2n) is 4.34. The summed E-state index contributed by atoms with van der Waals surface area (Å²) in [6.07, 6.45) is 6.00. The van der Waals surface area contributed by atoms with Crippen molar-refractivity contribution < 1.29 is 0 Å². The topological polar surface area (TPSA) is 43.8 Å². The zero-order chi connectivity index (χ0) is 10.6. The second kappa shape index (κ2) is 5.15. The van der Waals surface area contributed by atoms with Crippen LogP contribution in [0.25, 0.3) is 0 Å². The van der Waals surface area contributed by atoms with Crippen LogP contribution in [-0.2, 0) is 13.0 Å². The van der Waals surface area contributed by atoms with Gasteiger partial charge in [0.2, 0.25) is 0 Å². The van der Waals surface area contributed by atoms with Crippen molar-refractivity contribution in [3.05, 3.63) is 18.0 Å². The minimum Gasteiger partial charge on any atom is -0.327 e. The number of aromatic nitrogens is 2. The van der Waals surface area contributed by atoms with Crippen LogP contribution in [0.1, 0.15) is 32.8 Å². The second-order valence-corrected chi connectivity index (χ2v) is 4.34. The first-order valence-electron chi connectivity index (χ1n) is 5.38. The third kappa shape index (κ3) is 3.50. The van der Waals surface area contributed by atoms with E-state index in [1.807, 2.05) is 10.9 Å². The Bertz CT molecular complexity index is 265. The van der Waals surface area contributed by atoms with Gasteiger partial charge in [0.05, 0.1) is 6.20 Å². The number of nitrogens with zero attached hydrogens (tertiary/aromatic N) is 2. The van der Waals surface area contributed by atoms with Gasteiger partial charge in [0.15, 0.2) is 0 Å². The number of nitrogens with two attached hydrogens (primary N) is 1. The highest BCUT2D eigenvalue weighted by Crippen LogP contribution is 2.05. The smallest absolute Gasteiger partial charge is 0.0522 e. The van der Waals surface area contributed by atoms with Gasteiger partial charge in [-0.1, -0.05) is 20.8 Å². The highest BCUT2D eigenvalue weighted by molar-refractivity contribution is 5.05. The van der Waals surface area contributed by atoms with Crippen molar-refractivity contribution in [3.8, 4) is 0 Å². The molecule has 0 aliphatic rings. The zero-order valence-corrected chi connectivity index (χ0v) is 9.40. The first kappa shape index (κ1) is 11.2.